The van der Waals surface area contributed by atoms with E-state index in [1.807, 2.05) is 23.1 Å². The van der Waals surface area contributed by atoms with Gasteiger partial charge in [0.25, 0.3) is 0 Å². The Labute approximate surface area is 184 Å². The fraction of sp³-hybridized carbons (Fsp3) is 0.261. The summed E-state index contributed by atoms with van der Waals surface area (Å²) in [6.45, 7) is 2.99. The molecule has 8 heteroatoms. The van der Waals surface area contributed by atoms with Crippen LogP contribution in [0.5, 0.6) is 0 Å². The Morgan fingerprint density at radius 3 is 2.74 bits per heavy atom. The van der Waals surface area contributed by atoms with Gasteiger partial charge in [-0.2, -0.15) is 5.26 Å². The molecule has 7 nitrogen and oxygen atoms in total. The van der Waals surface area contributed by atoms with Crippen LogP contribution in [0.1, 0.15) is 29.7 Å². The van der Waals surface area contributed by atoms with E-state index < -0.39 is 11.8 Å². The van der Waals surface area contributed by atoms with Crippen LogP contribution in [0.4, 0.5) is 0 Å². The predicted molar refractivity (Wildman–Crippen MR) is 117 cm³/mol. The SMILES string of the molecule is CC1=C(C(N)=O)C(c2ccco2)C(C#N)=C(SCC(=O)N2CCc3ccccc3C2)N1. The average Bonchev–Trinajstić information content (AvgIpc) is 3.30. The van der Waals surface area contributed by atoms with Crippen LogP contribution in [0.15, 0.2) is 69.0 Å². The molecule has 0 fully saturated rings. The normalized spacial score (nSPS) is 18.3. The van der Waals surface area contributed by atoms with Crippen LogP contribution in [0, 0.1) is 11.3 Å². The van der Waals surface area contributed by atoms with Gasteiger partial charge in [-0.3, -0.25) is 9.59 Å². The second-order valence-electron chi connectivity index (χ2n) is 7.45. The number of nitrogens with two attached hydrogens (primary N) is 1. The lowest BCUT2D eigenvalue weighted by Gasteiger charge is -2.30. The Balaban J connectivity index is 1.54. The highest BCUT2D eigenvalue weighted by Gasteiger charge is 2.35. The van der Waals surface area contributed by atoms with Gasteiger partial charge in [-0.25, -0.2) is 0 Å². The first-order chi connectivity index (χ1) is 15.0. The van der Waals surface area contributed by atoms with Crippen LogP contribution in [0.3, 0.4) is 0 Å². The Morgan fingerprint density at radius 1 is 1.29 bits per heavy atom. The minimum Gasteiger partial charge on any atom is -0.468 e. The standard InChI is InChI=1S/C23H22N4O3S/c1-14-20(22(25)29)21(18-7-4-10-30-18)17(11-24)23(26-14)31-13-19(28)27-9-8-15-5-2-3-6-16(15)12-27/h2-7,10,21,26H,8-9,12-13H2,1H3,(H2,25,29). The highest BCUT2D eigenvalue weighted by Crippen LogP contribution is 2.40. The van der Waals surface area contributed by atoms with Crippen molar-refractivity contribution < 1.29 is 14.0 Å². The van der Waals surface area contributed by atoms with Gasteiger partial charge in [0.2, 0.25) is 11.8 Å². The zero-order chi connectivity index (χ0) is 22.0. The number of allylic oxidation sites excluding steroid dienone is 2. The molecule has 2 amide bonds. The van der Waals surface area contributed by atoms with Gasteiger partial charge in [-0.1, -0.05) is 36.0 Å². The summed E-state index contributed by atoms with van der Waals surface area (Å²) < 4.78 is 5.50. The number of furan rings is 1. The molecule has 2 aliphatic heterocycles. The molecule has 0 saturated heterocycles. The van der Waals surface area contributed by atoms with Crippen molar-refractivity contribution in [1.82, 2.24) is 10.2 Å². The smallest absolute Gasteiger partial charge is 0.247 e. The van der Waals surface area contributed by atoms with Crippen molar-refractivity contribution in [2.45, 2.75) is 25.8 Å². The number of primary amides is 1. The van der Waals surface area contributed by atoms with E-state index in [1.54, 1.807) is 19.1 Å². The zero-order valence-corrected chi connectivity index (χ0v) is 17.9. The number of dihydropyridines is 1. The third-order valence-electron chi connectivity index (χ3n) is 5.56. The molecule has 0 radical (unpaired) electrons. The predicted octanol–water partition coefficient (Wildman–Crippen LogP) is 2.78. The Bertz CT molecular complexity index is 1130. The number of amides is 2. The van der Waals surface area contributed by atoms with Crippen molar-refractivity contribution in [3.63, 3.8) is 0 Å². The fourth-order valence-corrected chi connectivity index (χ4v) is 5.02. The number of rotatable bonds is 5. The summed E-state index contributed by atoms with van der Waals surface area (Å²) in [6, 6.07) is 13.7. The quantitative estimate of drug-likeness (QED) is 0.748. The van der Waals surface area contributed by atoms with Crippen molar-refractivity contribution >= 4 is 23.6 Å². The van der Waals surface area contributed by atoms with Gasteiger partial charge in [0.05, 0.1) is 40.2 Å². The van der Waals surface area contributed by atoms with Crippen molar-refractivity contribution in [1.29, 1.82) is 5.26 Å². The van der Waals surface area contributed by atoms with Crippen molar-refractivity contribution in [2.75, 3.05) is 12.3 Å². The molecule has 158 valence electrons. The van der Waals surface area contributed by atoms with Crippen LogP contribution in [0.25, 0.3) is 0 Å². The first-order valence-corrected chi connectivity index (χ1v) is 10.9. The maximum absolute atomic E-state index is 12.9. The van der Waals surface area contributed by atoms with Gasteiger partial charge in [-0.05, 0) is 36.6 Å². The topological polar surface area (TPSA) is 112 Å². The molecule has 2 aromatic rings. The number of benzene rings is 1. The van der Waals surface area contributed by atoms with E-state index in [2.05, 4.69) is 17.5 Å². The number of thioether (sulfide) groups is 1. The van der Waals surface area contributed by atoms with E-state index >= 15 is 0 Å². The first kappa shape index (κ1) is 20.8. The minimum absolute atomic E-state index is 0.00275. The molecule has 1 atom stereocenters. The molecule has 1 aromatic carbocycles. The van der Waals surface area contributed by atoms with Gasteiger partial charge < -0.3 is 20.4 Å². The number of nitrogens with one attached hydrogen (secondary N) is 1. The fourth-order valence-electron chi connectivity index (χ4n) is 4.03. The highest BCUT2D eigenvalue weighted by molar-refractivity contribution is 8.03. The zero-order valence-electron chi connectivity index (χ0n) is 17.1. The molecule has 0 saturated carbocycles. The maximum atomic E-state index is 12.9. The lowest BCUT2D eigenvalue weighted by molar-refractivity contribution is -0.129. The van der Waals surface area contributed by atoms with Gasteiger partial charge in [0.15, 0.2) is 0 Å². The second-order valence-corrected chi connectivity index (χ2v) is 8.44. The van der Waals surface area contributed by atoms with E-state index in [-0.39, 0.29) is 17.2 Å². The van der Waals surface area contributed by atoms with Crippen LogP contribution in [0.2, 0.25) is 0 Å². The maximum Gasteiger partial charge on any atom is 0.247 e. The summed E-state index contributed by atoms with van der Waals surface area (Å²) >= 11 is 1.26. The second kappa shape index (κ2) is 8.74. The molecule has 1 aromatic heterocycles. The number of hydrogen-bond acceptors (Lipinski definition) is 6. The van der Waals surface area contributed by atoms with E-state index in [9.17, 15) is 14.9 Å². The van der Waals surface area contributed by atoms with Crippen LogP contribution in [-0.2, 0) is 22.6 Å². The van der Waals surface area contributed by atoms with E-state index in [0.29, 0.717) is 35.1 Å². The molecule has 2 aliphatic rings. The lowest BCUT2D eigenvalue weighted by atomic mass is 9.86. The Hall–Kier alpha value is -3.44. The van der Waals surface area contributed by atoms with Crippen LogP contribution in [-0.4, -0.2) is 29.0 Å². The van der Waals surface area contributed by atoms with Crippen molar-refractivity contribution in [2.24, 2.45) is 5.73 Å². The molecule has 0 spiro atoms. The molecule has 3 N–H and O–H groups in total. The van der Waals surface area contributed by atoms with E-state index in [4.69, 9.17) is 10.2 Å². The Morgan fingerprint density at radius 2 is 2.06 bits per heavy atom. The van der Waals surface area contributed by atoms with Gasteiger partial charge in [0.1, 0.15) is 5.76 Å². The molecule has 0 aliphatic carbocycles. The highest BCUT2D eigenvalue weighted by atomic mass is 32.2. The number of nitriles is 1. The van der Waals surface area contributed by atoms with Crippen molar-refractivity contribution in [3.8, 4) is 6.07 Å². The van der Waals surface area contributed by atoms with Crippen LogP contribution < -0.4 is 11.1 Å². The minimum atomic E-state index is -0.696. The van der Waals surface area contributed by atoms with Crippen LogP contribution >= 0.6 is 11.8 Å². The summed E-state index contributed by atoms with van der Waals surface area (Å²) in [5.74, 6) is -0.671. The molecule has 31 heavy (non-hydrogen) atoms. The largest absolute Gasteiger partial charge is 0.468 e. The van der Waals surface area contributed by atoms with E-state index in [0.717, 1.165) is 6.42 Å². The molecule has 1 unspecified atom stereocenters. The van der Waals surface area contributed by atoms with Gasteiger partial charge >= 0.3 is 0 Å². The monoisotopic (exact) mass is 434 g/mol. The molecular weight excluding hydrogens is 412 g/mol. The number of fused-ring (bicyclic) bond motifs is 1. The molecule has 3 heterocycles. The lowest BCUT2D eigenvalue weighted by Crippen LogP contribution is -2.37. The number of carbonyl (C=O) groups is 2. The number of carbonyl (C=O) groups excluding carboxylic acids is 2. The van der Waals surface area contributed by atoms with E-state index in [1.165, 1.54) is 29.2 Å². The first-order valence-electron chi connectivity index (χ1n) is 9.92. The summed E-state index contributed by atoms with van der Waals surface area (Å²) in [4.78, 5) is 26.8. The summed E-state index contributed by atoms with van der Waals surface area (Å²) in [6.07, 6.45) is 2.33. The molecule has 0 bridgehead atoms. The summed E-state index contributed by atoms with van der Waals surface area (Å²) in [5.41, 5.74) is 9.20. The summed E-state index contributed by atoms with van der Waals surface area (Å²) in [7, 11) is 0. The van der Waals surface area contributed by atoms with Gasteiger partial charge in [-0.15, -0.1) is 0 Å². The molecule has 4 rings (SSSR count). The number of nitrogens with zero attached hydrogens (tertiary/aromatic N) is 2. The Kier molecular flexibility index (Phi) is 5.87. The number of hydrogen-bond donors (Lipinski definition) is 2. The van der Waals surface area contributed by atoms with Crippen molar-refractivity contribution in [3.05, 3.63) is 81.4 Å². The van der Waals surface area contributed by atoms with Gasteiger partial charge in [0, 0.05) is 18.8 Å². The molecular formula is C23H22N4O3S. The third kappa shape index (κ3) is 4.09. The average molecular weight is 435 g/mol. The third-order valence-corrected chi connectivity index (χ3v) is 6.57. The summed E-state index contributed by atoms with van der Waals surface area (Å²) in [5, 5.41) is 13.5.